The van der Waals surface area contributed by atoms with Crippen molar-refractivity contribution in [1.29, 1.82) is 5.26 Å². The first kappa shape index (κ1) is 22.3. The third kappa shape index (κ3) is 4.22. The molecule has 9 heteroatoms. The summed E-state index contributed by atoms with van der Waals surface area (Å²) in [6.45, 7) is 4.14. The number of nitrogens with one attached hydrogen (secondary N) is 1. The average Bonchev–Trinajstić information content (AvgIpc) is 3.54. The highest BCUT2D eigenvalue weighted by atomic mass is 32.2. The number of nitriles is 1. The SMILES string of the molecule is Cc1ccc(-n2c(SCC(=O)Nc3sc4c(c3C#N)CCC4)nnc2-c2ccncc2)cc1C. The fourth-order valence-corrected chi connectivity index (χ4v) is 6.06. The van der Waals surface area contributed by atoms with Gasteiger partial charge in [0, 0.05) is 22.8 Å². The molecule has 4 aromatic rings. The Morgan fingerprint density at radius 1 is 1.18 bits per heavy atom. The smallest absolute Gasteiger partial charge is 0.235 e. The Hall–Kier alpha value is -3.48. The average molecular weight is 487 g/mol. The lowest BCUT2D eigenvalue weighted by Gasteiger charge is -2.12. The van der Waals surface area contributed by atoms with Gasteiger partial charge in [0.1, 0.15) is 11.1 Å². The predicted molar refractivity (Wildman–Crippen MR) is 134 cm³/mol. The summed E-state index contributed by atoms with van der Waals surface area (Å²) in [6.07, 6.45) is 6.42. The molecular weight excluding hydrogens is 464 g/mol. The molecule has 3 heterocycles. The van der Waals surface area contributed by atoms with E-state index in [4.69, 9.17) is 0 Å². The molecule has 0 saturated carbocycles. The minimum atomic E-state index is -0.165. The Morgan fingerprint density at radius 3 is 2.76 bits per heavy atom. The van der Waals surface area contributed by atoms with Gasteiger partial charge in [-0.3, -0.25) is 14.3 Å². The summed E-state index contributed by atoms with van der Waals surface area (Å²) >= 11 is 2.85. The molecule has 1 aromatic carbocycles. The molecule has 0 bridgehead atoms. The number of carbonyl (C=O) groups is 1. The summed E-state index contributed by atoms with van der Waals surface area (Å²) in [5.74, 6) is 0.684. The molecule has 34 heavy (non-hydrogen) atoms. The third-order valence-corrected chi connectivity index (χ3v) is 8.08. The Bertz CT molecular complexity index is 1420. The van der Waals surface area contributed by atoms with E-state index in [1.165, 1.54) is 33.5 Å². The number of amides is 1. The van der Waals surface area contributed by atoms with Gasteiger partial charge in [0.25, 0.3) is 0 Å². The van der Waals surface area contributed by atoms with Crippen molar-refractivity contribution in [3.8, 4) is 23.1 Å². The highest BCUT2D eigenvalue weighted by Crippen LogP contribution is 2.38. The number of hydrogen-bond donors (Lipinski definition) is 1. The number of fused-ring (bicyclic) bond motifs is 1. The number of aryl methyl sites for hydroxylation is 3. The van der Waals surface area contributed by atoms with E-state index in [0.29, 0.717) is 21.5 Å². The molecule has 0 unspecified atom stereocenters. The van der Waals surface area contributed by atoms with Gasteiger partial charge in [0.15, 0.2) is 11.0 Å². The first-order chi connectivity index (χ1) is 16.5. The predicted octanol–water partition coefficient (Wildman–Crippen LogP) is 5.10. The van der Waals surface area contributed by atoms with Crippen molar-refractivity contribution in [2.75, 3.05) is 11.1 Å². The van der Waals surface area contributed by atoms with Crippen LogP contribution < -0.4 is 5.32 Å². The maximum absolute atomic E-state index is 12.8. The molecule has 0 spiro atoms. The van der Waals surface area contributed by atoms with Crippen LogP contribution in [-0.4, -0.2) is 31.4 Å². The van der Waals surface area contributed by atoms with Crippen LogP contribution in [0.15, 0.2) is 47.9 Å². The van der Waals surface area contributed by atoms with Crippen molar-refractivity contribution in [1.82, 2.24) is 19.7 Å². The van der Waals surface area contributed by atoms with Gasteiger partial charge in [-0.25, -0.2) is 0 Å². The van der Waals surface area contributed by atoms with Crippen LogP contribution in [0.25, 0.3) is 17.1 Å². The summed E-state index contributed by atoms with van der Waals surface area (Å²) in [5, 5.41) is 22.6. The second-order valence-corrected chi connectivity index (χ2v) is 10.2. The van der Waals surface area contributed by atoms with Gasteiger partial charge in [0.05, 0.1) is 17.0 Å². The molecule has 0 fully saturated rings. The molecule has 5 rings (SSSR count). The lowest BCUT2D eigenvalue weighted by Crippen LogP contribution is -2.14. The first-order valence-electron chi connectivity index (χ1n) is 11.0. The number of carbonyl (C=O) groups excluding carboxylic acids is 1. The van der Waals surface area contributed by atoms with E-state index in [1.54, 1.807) is 12.4 Å². The van der Waals surface area contributed by atoms with E-state index in [-0.39, 0.29) is 11.7 Å². The molecule has 1 N–H and O–H groups in total. The van der Waals surface area contributed by atoms with Crippen LogP contribution in [0.4, 0.5) is 5.00 Å². The first-order valence-corrected chi connectivity index (χ1v) is 12.8. The van der Waals surface area contributed by atoms with E-state index < -0.39 is 0 Å². The molecule has 0 atom stereocenters. The van der Waals surface area contributed by atoms with Crippen molar-refractivity contribution < 1.29 is 4.79 Å². The van der Waals surface area contributed by atoms with Crippen molar-refractivity contribution in [3.05, 3.63) is 69.9 Å². The van der Waals surface area contributed by atoms with Crippen molar-refractivity contribution >= 4 is 34.0 Å². The van der Waals surface area contributed by atoms with Crippen LogP contribution in [-0.2, 0) is 17.6 Å². The fraction of sp³-hybridized carbons (Fsp3) is 0.240. The van der Waals surface area contributed by atoms with Crippen LogP contribution in [0.2, 0.25) is 0 Å². The maximum atomic E-state index is 12.8. The summed E-state index contributed by atoms with van der Waals surface area (Å²) in [5.41, 5.74) is 5.91. The van der Waals surface area contributed by atoms with Gasteiger partial charge in [-0.05, 0) is 74.1 Å². The number of thioether (sulfide) groups is 1. The van der Waals surface area contributed by atoms with Crippen molar-refractivity contribution in [3.63, 3.8) is 0 Å². The Morgan fingerprint density at radius 2 is 2.00 bits per heavy atom. The van der Waals surface area contributed by atoms with E-state index in [1.807, 2.05) is 22.8 Å². The highest BCUT2D eigenvalue weighted by Gasteiger charge is 2.24. The lowest BCUT2D eigenvalue weighted by atomic mass is 10.1. The normalized spacial score (nSPS) is 12.4. The van der Waals surface area contributed by atoms with Gasteiger partial charge in [0.2, 0.25) is 5.91 Å². The zero-order valence-corrected chi connectivity index (χ0v) is 20.5. The molecule has 7 nitrogen and oxygen atoms in total. The van der Waals surface area contributed by atoms with Gasteiger partial charge in [-0.1, -0.05) is 17.8 Å². The summed E-state index contributed by atoms with van der Waals surface area (Å²) < 4.78 is 1.97. The Labute approximate surface area is 205 Å². The summed E-state index contributed by atoms with van der Waals surface area (Å²) in [6, 6.07) is 12.3. The Kier molecular flexibility index (Phi) is 6.18. The van der Waals surface area contributed by atoms with Crippen LogP contribution in [0, 0.1) is 25.2 Å². The maximum Gasteiger partial charge on any atom is 0.235 e. The van der Waals surface area contributed by atoms with E-state index in [2.05, 4.69) is 52.5 Å². The number of thiophene rings is 1. The van der Waals surface area contributed by atoms with Gasteiger partial charge in [-0.15, -0.1) is 21.5 Å². The van der Waals surface area contributed by atoms with Gasteiger partial charge < -0.3 is 5.32 Å². The molecular formula is C25H22N6OS2. The van der Waals surface area contributed by atoms with Crippen molar-refractivity contribution in [2.24, 2.45) is 0 Å². The van der Waals surface area contributed by atoms with Crippen LogP contribution in [0.5, 0.6) is 0 Å². The second kappa shape index (κ2) is 9.41. The van der Waals surface area contributed by atoms with Crippen molar-refractivity contribution in [2.45, 2.75) is 38.3 Å². The monoisotopic (exact) mass is 486 g/mol. The number of anilines is 1. The second-order valence-electron chi connectivity index (χ2n) is 8.16. The minimum Gasteiger partial charge on any atom is -0.316 e. The zero-order chi connectivity index (χ0) is 23.7. The van der Waals surface area contributed by atoms with Crippen LogP contribution >= 0.6 is 23.1 Å². The number of pyridine rings is 1. The molecule has 3 aromatic heterocycles. The number of rotatable bonds is 6. The van der Waals surface area contributed by atoms with Gasteiger partial charge >= 0.3 is 0 Å². The minimum absolute atomic E-state index is 0.159. The third-order valence-electron chi connectivity index (χ3n) is 5.94. The largest absolute Gasteiger partial charge is 0.316 e. The molecule has 1 aliphatic carbocycles. The quantitative estimate of drug-likeness (QED) is 0.381. The van der Waals surface area contributed by atoms with Gasteiger partial charge in [-0.2, -0.15) is 5.26 Å². The highest BCUT2D eigenvalue weighted by molar-refractivity contribution is 7.99. The number of aromatic nitrogens is 4. The zero-order valence-electron chi connectivity index (χ0n) is 18.8. The lowest BCUT2D eigenvalue weighted by molar-refractivity contribution is -0.113. The molecule has 0 saturated heterocycles. The molecule has 0 radical (unpaired) electrons. The molecule has 0 aliphatic heterocycles. The molecule has 1 amide bonds. The number of benzene rings is 1. The summed E-state index contributed by atoms with van der Waals surface area (Å²) in [4.78, 5) is 18.1. The Balaban J connectivity index is 1.41. The van der Waals surface area contributed by atoms with E-state index >= 15 is 0 Å². The van der Waals surface area contributed by atoms with E-state index in [9.17, 15) is 10.1 Å². The topological polar surface area (TPSA) is 96.5 Å². The number of nitrogens with zero attached hydrogens (tertiary/aromatic N) is 5. The summed E-state index contributed by atoms with van der Waals surface area (Å²) in [7, 11) is 0. The fourth-order valence-electron chi connectivity index (χ4n) is 4.05. The standard InChI is InChI=1S/C25H22N6OS2/c1-15-6-7-18(12-16(15)2)31-23(17-8-10-27-11-9-17)29-30-25(31)33-14-22(32)28-24-20(13-26)19-4-3-5-21(19)34-24/h6-12H,3-5,14H2,1-2H3,(H,28,32). The van der Waals surface area contributed by atoms with E-state index in [0.717, 1.165) is 41.6 Å². The van der Waals surface area contributed by atoms with Crippen LogP contribution in [0.1, 0.15) is 33.6 Å². The molecule has 1 aliphatic rings. The number of hydrogen-bond acceptors (Lipinski definition) is 7. The molecule has 170 valence electrons. The van der Waals surface area contributed by atoms with Crippen LogP contribution in [0.3, 0.4) is 0 Å².